The molecule has 0 aromatic heterocycles. The molecule has 1 aromatic rings. The normalized spacial score (nSPS) is 16.8. The van der Waals surface area contributed by atoms with Gasteiger partial charge in [0.15, 0.2) is 0 Å². The third kappa shape index (κ3) is 5.65. The van der Waals surface area contributed by atoms with E-state index in [2.05, 4.69) is 24.1 Å². The molecule has 0 saturated carbocycles. The molecule has 0 unspecified atom stereocenters. The lowest BCUT2D eigenvalue weighted by Crippen LogP contribution is -2.45. The fourth-order valence-corrected chi connectivity index (χ4v) is 2.82. The summed E-state index contributed by atoms with van der Waals surface area (Å²) in [5.41, 5.74) is 0.245. The van der Waals surface area contributed by atoms with Crippen LogP contribution in [-0.2, 0) is 0 Å². The quantitative estimate of drug-likeness (QED) is 0.852. The predicted octanol–water partition coefficient (Wildman–Crippen LogP) is 4.19. The van der Waals surface area contributed by atoms with E-state index in [-0.39, 0.29) is 36.4 Å². The van der Waals surface area contributed by atoms with Gasteiger partial charge >= 0.3 is 0 Å². The van der Waals surface area contributed by atoms with Gasteiger partial charge in [0.25, 0.3) is 0 Å². The second-order valence-electron chi connectivity index (χ2n) is 5.91. The summed E-state index contributed by atoms with van der Waals surface area (Å²) < 4.78 is 28.2. The van der Waals surface area contributed by atoms with Gasteiger partial charge in [-0.25, -0.2) is 8.78 Å². The minimum Gasteiger partial charge on any atom is -0.314 e. The number of hydrogen-bond acceptors (Lipinski definition) is 2. The number of halogens is 4. The maximum absolute atomic E-state index is 14.1. The van der Waals surface area contributed by atoms with E-state index in [0.29, 0.717) is 5.92 Å². The highest BCUT2D eigenvalue weighted by Crippen LogP contribution is 2.31. The number of rotatable bonds is 5. The Morgan fingerprint density at radius 3 is 2.09 bits per heavy atom. The van der Waals surface area contributed by atoms with Crippen molar-refractivity contribution in [2.24, 2.45) is 5.92 Å². The van der Waals surface area contributed by atoms with E-state index < -0.39 is 11.6 Å². The van der Waals surface area contributed by atoms with Gasteiger partial charge in [0, 0.05) is 37.8 Å². The highest BCUT2D eigenvalue weighted by molar-refractivity contribution is 5.85. The minimum atomic E-state index is -0.419. The zero-order valence-corrected chi connectivity index (χ0v) is 14.8. The average molecular weight is 355 g/mol. The van der Waals surface area contributed by atoms with Crippen LogP contribution in [0.3, 0.4) is 0 Å². The van der Waals surface area contributed by atoms with Gasteiger partial charge in [-0.2, -0.15) is 0 Å². The summed E-state index contributed by atoms with van der Waals surface area (Å²) in [7, 11) is 0. The fourth-order valence-electron chi connectivity index (χ4n) is 2.82. The Bertz CT molecular complexity index is 418. The summed E-state index contributed by atoms with van der Waals surface area (Å²) in [5, 5.41) is 3.29. The predicted molar refractivity (Wildman–Crippen MR) is 92.1 cm³/mol. The molecule has 22 heavy (non-hydrogen) atoms. The number of benzene rings is 1. The molecule has 1 aliphatic rings. The number of nitrogens with one attached hydrogen (secondary N) is 1. The zero-order valence-electron chi connectivity index (χ0n) is 13.1. The maximum atomic E-state index is 14.1. The number of hydrogen-bond donors (Lipinski definition) is 1. The Balaban J connectivity index is 0.00000220. The first-order valence-corrected chi connectivity index (χ1v) is 7.48. The average Bonchev–Trinajstić information content (AvgIpc) is 2.42. The van der Waals surface area contributed by atoms with E-state index in [1.54, 1.807) is 0 Å². The summed E-state index contributed by atoms with van der Waals surface area (Å²) in [6.45, 7) is 7.74. The third-order valence-electron chi connectivity index (χ3n) is 3.94. The highest BCUT2D eigenvalue weighted by Gasteiger charge is 2.27. The van der Waals surface area contributed by atoms with Gasteiger partial charge in [-0.3, -0.25) is 4.90 Å². The lowest BCUT2D eigenvalue weighted by molar-refractivity contribution is 0.153. The van der Waals surface area contributed by atoms with Crippen LogP contribution in [0.2, 0.25) is 0 Å². The molecule has 1 N–H and O–H groups in total. The van der Waals surface area contributed by atoms with Crippen molar-refractivity contribution in [3.63, 3.8) is 0 Å². The molecule has 1 aliphatic heterocycles. The SMILES string of the molecule is CC(C)CC[C@H](c1c(F)cccc1F)N1CCNCC1.Cl.Cl. The largest absolute Gasteiger partial charge is 0.314 e. The van der Waals surface area contributed by atoms with Gasteiger partial charge in [-0.15, -0.1) is 24.8 Å². The molecule has 128 valence electrons. The second kappa shape index (κ2) is 10.4. The Morgan fingerprint density at radius 1 is 1.05 bits per heavy atom. The smallest absolute Gasteiger partial charge is 0.130 e. The van der Waals surface area contributed by atoms with E-state index in [1.807, 2.05) is 0 Å². The number of nitrogens with zero attached hydrogens (tertiary/aromatic N) is 1. The van der Waals surface area contributed by atoms with Crippen molar-refractivity contribution < 1.29 is 8.78 Å². The molecule has 0 amide bonds. The van der Waals surface area contributed by atoms with Crippen molar-refractivity contribution in [2.45, 2.75) is 32.7 Å². The van der Waals surface area contributed by atoms with Gasteiger partial charge < -0.3 is 5.32 Å². The molecule has 0 spiro atoms. The summed E-state index contributed by atoms with van der Waals surface area (Å²) in [5.74, 6) is -0.301. The van der Waals surface area contributed by atoms with Crippen LogP contribution in [0.25, 0.3) is 0 Å². The first kappa shape index (κ1) is 21.6. The van der Waals surface area contributed by atoms with Crippen LogP contribution < -0.4 is 5.32 Å². The van der Waals surface area contributed by atoms with E-state index >= 15 is 0 Å². The summed E-state index contributed by atoms with van der Waals surface area (Å²) in [4.78, 5) is 2.21. The highest BCUT2D eigenvalue weighted by atomic mass is 35.5. The first-order chi connectivity index (χ1) is 9.59. The van der Waals surface area contributed by atoms with Crippen molar-refractivity contribution in [1.82, 2.24) is 10.2 Å². The molecule has 1 fully saturated rings. The first-order valence-electron chi connectivity index (χ1n) is 7.48. The van der Waals surface area contributed by atoms with Gasteiger partial charge in [0.1, 0.15) is 11.6 Å². The third-order valence-corrected chi connectivity index (χ3v) is 3.94. The second-order valence-corrected chi connectivity index (χ2v) is 5.91. The van der Waals surface area contributed by atoms with Crippen LogP contribution in [0.15, 0.2) is 18.2 Å². The molecular formula is C16H26Cl2F2N2. The molecule has 1 atom stereocenters. The summed E-state index contributed by atoms with van der Waals surface area (Å²) >= 11 is 0. The van der Waals surface area contributed by atoms with Crippen molar-refractivity contribution in [1.29, 1.82) is 0 Å². The summed E-state index contributed by atoms with van der Waals surface area (Å²) in [6.07, 6.45) is 1.78. The molecule has 6 heteroatoms. The molecule has 1 aromatic carbocycles. The van der Waals surface area contributed by atoms with Gasteiger partial charge in [-0.1, -0.05) is 19.9 Å². The lowest BCUT2D eigenvalue weighted by atomic mass is 9.95. The maximum Gasteiger partial charge on any atom is 0.130 e. The van der Waals surface area contributed by atoms with Gasteiger partial charge in [-0.05, 0) is 30.9 Å². The topological polar surface area (TPSA) is 15.3 Å². The van der Waals surface area contributed by atoms with E-state index in [4.69, 9.17) is 0 Å². The van der Waals surface area contributed by atoms with Crippen LogP contribution in [0, 0.1) is 17.6 Å². The van der Waals surface area contributed by atoms with Crippen LogP contribution in [0.5, 0.6) is 0 Å². The molecule has 2 nitrogen and oxygen atoms in total. The minimum absolute atomic E-state index is 0. The van der Waals surface area contributed by atoms with E-state index in [9.17, 15) is 8.78 Å². The zero-order chi connectivity index (χ0) is 14.5. The van der Waals surface area contributed by atoms with Crippen LogP contribution in [0.4, 0.5) is 8.78 Å². The Kier molecular flexibility index (Phi) is 10.2. The Morgan fingerprint density at radius 2 is 1.59 bits per heavy atom. The molecule has 0 radical (unpaired) electrons. The van der Waals surface area contributed by atoms with Crippen LogP contribution in [-0.4, -0.2) is 31.1 Å². The lowest BCUT2D eigenvalue weighted by Gasteiger charge is -2.36. The van der Waals surface area contributed by atoms with Crippen molar-refractivity contribution in [2.75, 3.05) is 26.2 Å². The Labute approximate surface area is 144 Å². The molecular weight excluding hydrogens is 329 g/mol. The van der Waals surface area contributed by atoms with Crippen molar-refractivity contribution in [3.8, 4) is 0 Å². The molecule has 1 saturated heterocycles. The van der Waals surface area contributed by atoms with Crippen molar-refractivity contribution >= 4 is 24.8 Å². The standard InChI is InChI=1S/C16H24F2N2.2ClH/c1-12(2)6-7-15(20-10-8-19-9-11-20)16-13(17)4-3-5-14(16)18;;/h3-5,12,15,19H,6-11H2,1-2H3;2*1H/t15-;;/m1../s1. The fraction of sp³-hybridized carbons (Fsp3) is 0.625. The van der Waals surface area contributed by atoms with Crippen LogP contribution in [0.1, 0.15) is 38.3 Å². The Hall–Kier alpha value is -0.420. The molecule has 0 bridgehead atoms. The van der Waals surface area contributed by atoms with E-state index in [0.717, 1.165) is 39.0 Å². The van der Waals surface area contributed by atoms with Crippen molar-refractivity contribution in [3.05, 3.63) is 35.4 Å². The molecule has 1 heterocycles. The number of piperazine rings is 1. The van der Waals surface area contributed by atoms with Crippen LogP contribution >= 0.6 is 24.8 Å². The van der Waals surface area contributed by atoms with Gasteiger partial charge in [0.05, 0.1) is 0 Å². The summed E-state index contributed by atoms with van der Waals surface area (Å²) in [6, 6.07) is 4.01. The molecule has 2 rings (SSSR count). The van der Waals surface area contributed by atoms with E-state index in [1.165, 1.54) is 18.2 Å². The molecule has 0 aliphatic carbocycles. The van der Waals surface area contributed by atoms with Gasteiger partial charge in [0.2, 0.25) is 0 Å². The monoisotopic (exact) mass is 354 g/mol.